The molecule has 0 radical (unpaired) electrons. The summed E-state index contributed by atoms with van der Waals surface area (Å²) in [4.78, 5) is 64.4. The molecule has 2 aromatic carbocycles. The minimum Gasteiger partial charge on any atom is -0.493 e. The number of fused-ring (bicyclic) bond motifs is 5. The average Bonchev–Trinajstić information content (AvgIpc) is 3.24. The number of aromatic nitrogens is 3. The summed E-state index contributed by atoms with van der Waals surface area (Å²) < 4.78 is 14.6. The quantitative estimate of drug-likeness (QED) is 0.336. The zero-order chi connectivity index (χ0) is 28.0. The molecule has 5 rings (SSSR count). The number of rotatable bonds is 7. The minimum atomic E-state index is -0.502. The van der Waals surface area contributed by atoms with Gasteiger partial charge in [-0.2, -0.15) is 0 Å². The van der Waals surface area contributed by atoms with Crippen molar-refractivity contribution >= 4 is 22.5 Å². The van der Waals surface area contributed by atoms with E-state index in [0.29, 0.717) is 39.2 Å². The van der Waals surface area contributed by atoms with Crippen LogP contribution in [0.25, 0.3) is 22.0 Å². The second-order valence-electron chi connectivity index (χ2n) is 9.18. The Kier molecular flexibility index (Phi) is 6.43. The molecule has 11 nitrogen and oxygen atoms in total. The molecule has 0 fully saturated rings. The second kappa shape index (κ2) is 9.75. The molecule has 0 saturated carbocycles. The molecule has 0 unspecified atom stereocenters. The molecular weight excluding hydrogens is 504 g/mol. The van der Waals surface area contributed by atoms with Gasteiger partial charge in [0.05, 0.1) is 37.4 Å². The summed E-state index contributed by atoms with van der Waals surface area (Å²) in [5.74, 6) is -0.0769. The molecule has 1 aliphatic carbocycles. The van der Waals surface area contributed by atoms with Crippen LogP contribution >= 0.6 is 0 Å². The smallest absolute Gasteiger partial charge is 0.330 e. The summed E-state index contributed by atoms with van der Waals surface area (Å²) in [7, 11) is 5.76. The topological polar surface area (TPSA) is 131 Å². The SMILES string of the molecule is COc1ccc2c3c(n(CCC(=O)NCc4cc(=O)n(C)c(=O)n4C)c(=O)c2c1OC)-c1ccccc1C3=O. The van der Waals surface area contributed by atoms with Gasteiger partial charge in [0.15, 0.2) is 17.3 Å². The average molecular weight is 531 g/mol. The number of nitrogens with one attached hydrogen (secondary N) is 1. The van der Waals surface area contributed by atoms with E-state index >= 15 is 0 Å². The van der Waals surface area contributed by atoms with E-state index in [9.17, 15) is 24.0 Å². The van der Waals surface area contributed by atoms with Gasteiger partial charge < -0.3 is 19.4 Å². The molecule has 2 heterocycles. The van der Waals surface area contributed by atoms with Crippen LogP contribution in [0.3, 0.4) is 0 Å². The van der Waals surface area contributed by atoms with Crippen molar-refractivity contribution in [2.24, 2.45) is 14.1 Å². The molecule has 0 aliphatic heterocycles. The van der Waals surface area contributed by atoms with E-state index in [2.05, 4.69) is 5.32 Å². The summed E-state index contributed by atoms with van der Waals surface area (Å²) in [5, 5.41) is 3.34. The minimum absolute atomic E-state index is 0.0274. The first-order chi connectivity index (χ1) is 18.7. The van der Waals surface area contributed by atoms with Gasteiger partial charge in [-0.15, -0.1) is 0 Å². The van der Waals surface area contributed by atoms with Crippen molar-refractivity contribution in [3.05, 3.63) is 90.5 Å². The number of pyridine rings is 1. The molecule has 0 spiro atoms. The molecule has 4 aromatic rings. The Hall–Kier alpha value is -4.93. The molecule has 1 amide bonds. The molecule has 0 bridgehead atoms. The number of amides is 1. The Balaban J connectivity index is 1.55. The number of carbonyl (C=O) groups excluding carboxylic acids is 2. The summed E-state index contributed by atoms with van der Waals surface area (Å²) in [6.07, 6.45) is -0.0979. The molecule has 1 aliphatic rings. The maximum absolute atomic E-state index is 13.9. The van der Waals surface area contributed by atoms with Crippen molar-refractivity contribution in [2.75, 3.05) is 14.2 Å². The summed E-state index contributed by atoms with van der Waals surface area (Å²) in [6, 6.07) is 11.6. The van der Waals surface area contributed by atoms with E-state index in [1.54, 1.807) is 36.4 Å². The largest absolute Gasteiger partial charge is 0.493 e. The Morgan fingerprint density at radius 3 is 2.33 bits per heavy atom. The lowest BCUT2D eigenvalue weighted by atomic mass is 10.0. The summed E-state index contributed by atoms with van der Waals surface area (Å²) >= 11 is 0. The van der Waals surface area contributed by atoms with E-state index in [1.807, 2.05) is 0 Å². The first-order valence-corrected chi connectivity index (χ1v) is 12.2. The van der Waals surface area contributed by atoms with Crippen LogP contribution in [0.1, 0.15) is 28.0 Å². The third-order valence-corrected chi connectivity index (χ3v) is 7.09. The van der Waals surface area contributed by atoms with Crippen LogP contribution in [-0.4, -0.2) is 39.6 Å². The molecule has 39 heavy (non-hydrogen) atoms. The van der Waals surface area contributed by atoms with Gasteiger partial charge in [0.25, 0.3) is 11.1 Å². The number of benzene rings is 2. The van der Waals surface area contributed by atoms with Crippen molar-refractivity contribution in [2.45, 2.75) is 19.5 Å². The van der Waals surface area contributed by atoms with E-state index in [4.69, 9.17) is 9.47 Å². The number of hydrogen-bond donors (Lipinski definition) is 1. The van der Waals surface area contributed by atoms with Crippen LogP contribution in [0.15, 0.2) is 56.8 Å². The Bertz CT molecular complexity index is 1860. The van der Waals surface area contributed by atoms with E-state index in [0.717, 1.165) is 4.57 Å². The fraction of sp³-hybridized carbons (Fsp3) is 0.250. The Morgan fingerprint density at radius 2 is 1.64 bits per heavy atom. The van der Waals surface area contributed by atoms with Crippen molar-refractivity contribution in [3.8, 4) is 22.8 Å². The van der Waals surface area contributed by atoms with Gasteiger partial charge in [0, 0.05) is 55.3 Å². The lowest BCUT2D eigenvalue weighted by Gasteiger charge is -2.17. The number of ketones is 1. The molecule has 1 N–H and O–H groups in total. The van der Waals surface area contributed by atoms with Gasteiger partial charge in [0.2, 0.25) is 5.91 Å². The van der Waals surface area contributed by atoms with Crippen LogP contribution in [0.4, 0.5) is 0 Å². The highest BCUT2D eigenvalue weighted by atomic mass is 16.5. The molecular formula is C28H26N4O7. The van der Waals surface area contributed by atoms with Crippen molar-refractivity contribution in [1.29, 1.82) is 0 Å². The second-order valence-corrected chi connectivity index (χ2v) is 9.18. The van der Waals surface area contributed by atoms with Gasteiger partial charge in [-0.3, -0.25) is 28.3 Å². The maximum Gasteiger partial charge on any atom is 0.330 e. The van der Waals surface area contributed by atoms with E-state index in [1.165, 1.54) is 43.5 Å². The van der Waals surface area contributed by atoms with Gasteiger partial charge in [-0.25, -0.2) is 4.79 Å². The van der Waals surface area contributed by atoms with E-state index in [-0.39, 0.29) is 36.4 Å². The summed E-state index contributed by atoms with van der Waals surface area (Å²) in [5.41, 5.74) is 0.832. The van der Waals surface area contributed by atoms with Crippen LogP contribution < -0.4 is 31.6 Å². The first-order valence-electron chi connectivity index (χ1n) is 12.2. The highest BCUT2D eigenvalue weighted by Crippen LogP contribution is 2.43. The monoisotopic (exact) mass is 530 g/mol. The lowest BCUT2D eigenvalue weighted by Crippen LogP contribution is -2.39. The highest BCUT2D eigenvalue weighted by molar-refractivity contribution is 6.27. The molecule has 0 atom stereocenters. The van der Waals surface area contributed by atoms with Crippen LogP contribution in [0, 0.1) is 0 Å². The molecule has 2 aromatic heterocycles. The van der Waals surface area contributed by atoms with Crippen LogP contribution in [-0.2, 0) is 32.0 Å². The Morgan fingerprint density at radius 1 is 0.923 bits per heavy atom. The fourth-order valence-corrected chi connectivity index (χ4v) is 5.03. The maximum atomic E-state index is 13.9. The normalized spacial score (nSPS) is 11.8. The van der Waals surface area contributed by atoms with Crippen LogP contribution in [0.2, 0.25) is 0 Å². The van der Waals surface area contributed by atoms with Crippen molar-refractivity contribution in [3.63, 3.8) is 0 Å². The third kappa shape index (κ3) is 4.02. The first kappa shape index (κ1) is 25.7. The predicted molar refractivity (Wildman–Crippen MR) is 144 cm³/mol. The standard InChI is InChI=1S/C28H26N4O7/c1-30-15(13-21(34)31(2)28(30)37)14-29-20(33)11-12-32-24-16-7-5-6-8-17(16)25(35)22(24)18-9-10-19(38-3)26(39-4)23(18)27(32)36/h5-10,13H,11-12,14H2,1-4H3,(H,29,33). The third-order valence-electron chi connectivity index (χ3n) is 7.09. The predicted octanol–water partition coefficient (Wildman–Crippen LogP) is 1.33. The van der Waals surface area contributed by atoms with Crippen molar-refractivity contribution < 1.29 is 19.1 Å². The van der Waals surface area contributed by atoms with Gasteiger partial charge in [-0.05, 0) is 12.1 Å². The van der Waals surface area contributed by atoms with E-state index < -0.39 is 22.7 Å². The molecule has 0 saturated heterocycles. The summed E-state index contributed by atoms with van der Waals surface area (Å²) in [6.45, 7) is -0.0713. The lowest BCUT2D eigenvalue weighted by molar-refractivity contribution is -0.121. The number of carbonyl (C=O) groups is 2. The fourth-order valence-electron chi connectivity index (χ4n) is 5.03. The van der Waals surface area contributed by atoms with Crippen LogP contribution in [0.5, 0.6) is 11.5 Å². The van der Waals surface area contributed by atoms with Gasteiger partial charge in [0.1, 0.15) is 0 Å². The van der Waals surface area contributed by atoms with Crippen molar-refractivity contribution in [1.82, 2.24) is 19.0 Å². The van der Waals surface area contributed by atoms with Gasteiger partial charge >= 0.3 is 5.69 Å². The zero-order valence-electron chi connectivity index (χ0n) is 21.9. The number of hydrogen-bond acceptors (Lipinski definition) is 7. The number of methoxy groups -OCH3 is 2. The zero-order valence-corrected chi connectivity index (χ0v) is 21.9. The molecule has 200 valence electrons. The number of nitrogens with zero attached hydrogens (tertiary/aromatic N) is 3. The Labute approximate surface area is 221 Å². The molecule has 11 heteroatoms. The highest BCUT2D eigenvalue weighted by Gasteiger charge is 2.33. The van der Waals surface area contributed by atoms with Gasteiger partial charge in [-0.1, -0.05) is 24.3 Å². The number of ether oxygens (including phenoxy) is 2.